The first-order valence-corrected chi connectivity index (χ1v) is 23.7. The van der Waals surface area contributed by atoms with Crippen LogP contribution in [0.5, 0.6) is 0 Å². The minimum atomic E-state index is -1.74. The highest BCUT2D eigenvalue weighted by Crippen LogP contribution is 2.68. The summed E-state index contributed by atoms with van der Waals surface area (Å²) < 4.78 is 0. The molecule has 0 heterocycles. The van der Waals surface area contributed by atoms with Gasteiger partial charge < -0.3 is 0 Å². The molecule has 3 aliphatic rings. The maximum absolute atomic E-state index is 2.73. The minimum absolute atomic E-state index is 0.869. The van der Waals surface area contributed by atoms with E-state index in [1.807, 2.05) is 0 Å². The van der Waals surface area contributed by atoms with Gasteiger partial charge in [-0.05, 0) is 89.1 Å². The third kappa shape index (κ3) is 5.98. The van der Waals surface area contributed by atoms with Crippen LogP contribution in [0.3, 0.4) is 0 Å². The van der Waals surface area contributed by atoms with Crippen molar-refractivity contribution in [3.8, 4) is 0 Å². The molecule has 0 amide bonds. The Labute approximate surface area is 243 Å². The van der Waals surface area contributed by atoms with Crippen LogP contribution in [0.25, 0.3) is 0 Å². The summed E-state index contributed by atoms with van der Waals surface area (Å²) in [5, 5.41) is 0. The van der Waals surface area contributed by atoms with Gasteiger partial charge in [-0.2, -0.15) is 0 Å². The van der Waals surface area contributed by atoms with Crippen LogP contribution in [-0.4, -0.2) is 15.2 Å². The molecule has 9 unspecified atom stereocenters. The van der Waals surface area contributed by atoms with E-state index in [9.17, 15) is 0 Å². The third-order valence-electron chi connectivity index (χ3n) is 13.9. The minimum Gasteiger partial charge on any atom is -0.0680 e. The molecule has 3 aliphatic carbocycles. The largest absolute Gasteiger partial charge is 0.0680 e. The lowest BCUT2D eigenvalue weighted by Crippen LogP contribution is -2.74. The quantitative estimate of drug-likeness (QED) is 0.233. The van der Waals surface area contributed by atoms with Crippen LogP contribution >= 0.6 is 0 Å². The third-order valence-corrected chi connectivity index (χ3v) is 37.5. The first-order chi connectivity index (χ1) is 17.9. The van der Waals surface area contributed by atoms with Gasteiger partial charge in [0.1, 0.15) is 0 Å². The van der Waals surface area contributed by atoms with E-state index in [0.29, 0.717) is 0 Å². The molecule has 3 fully saturated rings. The predicted octanol–water partition coefficient (Wildman–Crippen LogP) is 12.4. The van der Waals surface area contributed by atoms with Gasteiger partial charge in [-0.15, -0.1) is 0 Å². The Bertz CT molecular complexity index is 619. The fourth-order valence-electron chi connectivity index (χ4n) is 11.9. The van der Waals surface area contributed by atoms with Gasteiger partial charge in [0.15, 0.2) is 0 Å². The molecule has 9 atom stereocenters. The highest BCUT2D eigenvalue weighted by Gasteiger charge is 2.68. The van der Waals surface area contributed by atoms with Crippen LogP contribution in [0.4, 0.5) is 0 Å². The second kappa shape index (κ2) is 13.6. The Balaban J connectivity index is 2.45. The first-order valence-electron chi connectivity index (χ1n) is 17.9. The Kier molecular flexibility index (Phi) is 11.8. The molecule has 3 rings (SSSR count). The van der Waals surface area contributed by atoms with Gasteiger partial charge in [0, 0.05) is 7.59 Å². The van der Waals surface area contributed by atoms with Gasteiger partial charge in [-0.1, -0.05) is 140 Å². The average Bonchev–Trinajstić information content (AvgIpc) is 2.86. The van der Waals surface area contributed by atoms with Crippen molar-refractivity contribution in [3.05, 3.63) is 0 Å². The molecule has 0 aromatic heterocycles. The monoisotopic (exact) mass is 561 g/mol. The van der Waals surface area contributed by atoms with Gasteiger partial charge in [0.05, 0.1) is 7.59 Å². The van der Waals surface area contributed by atoms with E-state index in [0.717, 1.165) is 69.9 Å². The van der Waals surface area contributed by atoms with Crippen LogP contribution < -0.4 is 0 Å². The Morgan fingerprint density at radius 1 is 0.474 bits per heavy atom. The maximum Gasteiger partial charge on any atom is 0.0579 e. The standard InChI is InChI=1S/C36H72Si2/c1-13-37(14-2,15-3)38(34-22-28(10)16-19-31(34)25(4)5,35-23-29(11)17-20-32(35)26(6)7)36-24-30(12)18-21-33(36)27(8)9/h25-36H,13-24H2,1-12H3. The van der Waals surface area contributed by atoms with Gasteiger partial charge in [-0.25, -0.2) is 0 Å². The Morgan fingerprint density at radius 3 is 0.947 bits per heavy atom. The van der Waals surface area contributed by atoms with Crippen molar-refractivity contribution in [1.82, 2.24) is 0 Å². The lowest BCUT2D eigenvalue weighted by atomic mass is 9.75. The zero-order chi connectivity index (χ0) is 28.4. The van der Waals surface area contributed by atoms with E-state index in [2.05, 4.69) is 83.1 Å². The Hall–Kier alpha value is 0.434. The lowest BCUT2D eigenvalue weighted by molar-refractivity contribution is 0.181. The van der Waals surface area contributed by atoms with E-state index < -0.39 is 15.2 Å². The highest BCUT2D eigenvalue weighted by molar-refractivity contribution is 7.44. The summed E-state index contributed by atoms with van der Waals surface area (Å²) >= 11 is 0. The molecule has 2 heteroatoms. The summed E-state index contributed by atoms with van der Waals surface area (Å²) in [7, 11) is -3.21. The average molecular weight is 561 g/mol. The number of hydrogen-bond donors (Lipinski definition) is 0. The highest BCUT2D eigenvalue weighted by atomic mass is 29.3. The number of rotatable bonds is 10. The second-order valence-electron chi connectivity index (χ2n) is 16.6. The second-order valence-corrected chi connectivity index (χ2v) is 31.1. The van der Waals surface area contributed by atoms with E-state index >= 15 is 0 Å². The molecule has 0 nitrogen and oxygen atoms in total. The SMILES string of the molecule is CC[Si](CC)(CC)[Si](C1CC(C)CCC1C(C)C)(C1CC(C)CCC1C(C)C)C1CC(C)CCC1C(C)C. The summed E-state index contributed by atoms with van der Waals surface area (Å²) in [6.07, 6.45) is 14.0. The first kappa shape index (κ1) is 32.9. The molecular formula is C36H72Si2. The van der Waals surface area contributed by atoms with E-state index in [1.165, 1.54) is 19.3 Å². The van der Waals surface area contributed by atoms with Crippen LogP contribution in [0.15, 0.2) is 0 Å². The van der Waals surface area contributed by atoms with Gasteiger partial charge >= 0.3 is 0 Å². The summed E-state index contributed by atoms with van der Waals surface area (Å²) in [5.74, 6) is 8.48. The van der Waals surface area contributed by atoms with E-state index in [1.54, 1.807) is 56.7 Å². The molecule has 0 N–H and O–H groups in total. The number of hydrogen-bond acceptors (Lipinski definition) is 0. The smallest absolute Gasteiger partial charge is 0.0579 e. The van der Waals surface area contributed by atoms with Crippen molar-refractivity contribution in [1.29, 1.82) is 0 Å². The lowest BCUT2D eigenvalue weighted by Gasteiger charge is -2.68. The molecule has 0 aliphatic heterocycles. The van der Waals surface area contributed by atoms with Crippen LogP contribution in [-0.2, 0) is 0 Å². The molecular weight excluding hydrogens is 489 g/mol. The fourth-order valence-corrected chi connectivity index (χ4v) is 41.0. The topological polar surface area (TPSA) is 0 Å². The molecule has 3 saturated carbocycles. The summed E-state index contributed by atoms with van der Waals surface area (Å²) in [4.78, 5) is 0. The van der Waals surface area contributed by atoms with Crippen molar-refractivity contribution >= 4 is 15.2 Å². The van der Waals surface area contributed by atoms with Crippen molar-refractivity contribution in [2.24, 2.45) is 53.3 Å². The van der Waals surface area contributed by atoms with Crippen molar-refractivity contribution in [2.75, 3.05) is 0 Å². The van der Waals surface area contributed by atoms with E-state index in [4.69, 9.17) is 0 Å². The van der Waals surface area contributed by atoms with Gasteiger partial charge in [-0.3, -0.25) is 0 Å². The molecule has 0 radical (unpaired) electrons. The van der Waals surface area contributed by atoms with Crippen LogP contribution in [0.1, 0.15) is 141 Å². The van der Waals surface area contributed by atoms with E-state index in [-0.39, 0.29) is 0 Å². The van der Waals surface area contributed by atoms with Gasteiger partial charge in [0.25, 0.3) is 0 Å². The molecule has 0 saturated heterocycles. The molecule has 38 heavy (non-hydrogen) atoms. The predicted molar refractivity (Wildman–Crippen MR) is 178 cm³/mol. The zero-order valence-electron chi connectivity index (χ0n) is 28.4. The Morgan fingerprint density at radius 2 is 0.737 bits per heavy atom. The zero-order valence-corrected chi connectivity index (χ0v) is 30.4. The van der Waals surface area contributed by atoms with Crippen molar-refractivity contribution in [2.45, 2.75) is 176 Å². The van der Waals surface area contributed by atoms with Crippen molar-refractivity contribution in [3.63, 3.8) is 0 Å². The molecule has 224 valence electrons. The summed E-state index contributed by atoms with van der Waals surface area (Å²) in [5.41, 5.74) is 3.31. The molecule has 0 aromatic rings. The maximum atomic E-state index is 2.73. The van der Waals surface area contributed by atoms with Crippen LogP contribution in [0, 0.1) is 53.3 Å². The molecule has 0 bridgehead atoms. The fraction of sp³-hybridized carbons (Fsp3) is 1.00. The van der Waals surface area contributed by atoms with Crippen LogP contribution in [0.2, 0.25) is 34.8 Å². The molecule has 0 spiro atoms. The normalized spacial score (nSPS) is 39.1. The molecule has 0 aromatic carbocycles. The van der Waals surface area contributed by atoms with Gasteiger partial charge in [0.2, 0.25) is 0 Å². The van der Waals surface area contributed by atoms with Crippen molar-refractivity contribution < 1.29 is 0 Å². The summed E-state index contributed by atoms with van der Waals surface area (Å²) in [6, 6.07) is 4.77. The summed E-state index contributed by atoms with van der Waals surface area (Å²) in [6.45, 7) is 32.1.